The number of nitrogens with zero attached hydrogens (tertiary/aromatic N) is 1. The Kier molecular flexibility index (Phi) is 4.00. The van der Waals surface area contributed by atoms with E-state index in [9.17, 15) is 9.90 Å². The Labute approximate surface area is 143 Å². The van der Waals surface area contributed by atoms with Gasteiger partial charge in [-0.25, -0.2) is 9.78 Å². The number of benzene rings is 2. The van der Waals surface area contributed by atoms with Crippen LogP contribution >= 0.6 is 23.2 Å². The van der Waals surface area contributed by atoms with E-state index < -0.39 is 5.97 Å². The molecule has 2 aromatic carbocycles. The number of hydrogen-bond acceptors (Lipinski definition) is 2. The second-order valence-corrected chi connectivity index (χ2v) is 6.25. The van der Waals surface area contributed by atoms with Crippen LogP contribution in [0.2, 0.25) is 10.0 Å². The molecule has 0 amide bonds. The zero-order valence-corrected chi connectivity index (χ0v) is 14.0. The number of carboxylic acid groups (broad SMARTS) is 1. The maximum Gasteiger partial charge on any atom is 0.336 e. The fourth-order valence-corrected chi connectivity index (χ4v) is 3.13. The Balaban J connectivity index is 2.40. The number of hydrogen-bond donors (Lipinski definition) is 1. The first-order valence-electron chi connectivity index (χ1n) is 6.98. The van der Waals surface area contributed by atoms with Gasteiger partial charge in [-0.1, -0.05) is 47.0 Å². The molecule has 3 nitrogen and oxygen atoms in total. The first kappa shape index (κ1) is 15.8. The SMILES string of the molecule is Cc1ccc(-c2cc(C(=O)O)c3c(Cl)ccc(Cl)c3n2)c(C)c1. The molecule has 1 heterocycles. The van der Waals surface area contributed by atoms with Crippen molar-refractivity contribution >= 4 is 40.1 Å². The van der Waals surface area contributed by atoms with Gasteiger partial charge in [-0.3, -0.25) is 0 Å². The van der Waals surface area contributed by atoms with Crippen molar-refractivity contribution in [3.63, 3.8) is 0 Å². The molecule has 0 radical (unpaired) electrons. The molecule has 0 saturated heterocycles. The highest BCUT2D eigenvalue weighted by Crippen LogP contribution is 2.34. The second-order valence-electron chi connectivity index (χ2n) is 5.43. The van der Waals surface area contributed by atoms with Gasteiger partial charge in [-0.15, -0.1) is 0 Å². The zero-order valence-electron chi connectivity index (χ0n) is 12.5. The van der Waals surface area contributed by atoms with E-state index in [1.807, 2.05) is 32.0 Å². The van der Waals surface area contributed by atoms with Gasteiger partial charge in [0.15, 0.2) is 0 Å². The number of aromatic nitrogens is 1. The van der Waals surface area contributed by atoms with Crippen LogP contribution in [0.15, 0.2) is 36.4 Å². The molecule has 0 spiro atoms. The van der Waals surface area contributed by atoms with Crippen molar-refractivity contribution in [2.75, 3.05) is 0 Å². The number of rotatable bonds is 2. The van der Waals surface area contributed by atoms with E-state index in [-0.39, 0.29) is 5.56 Å². The third-order valence-electron chi connectivity index (χ3n) is 3.75. The average molecular weight is 346 g/mol. The second kappa shape index (κ2) is 5.84. The molecule has 1 N–H and O–H groups in total. The number of fused-ring (bicyclic) bond motifs is 1. The normalized spacial score (nSPS) is 11.0. The maximum atomic E-state index is 11.7. The molecule has 0 aliphatic carbocycles. The predicted molar refractivity (Wildman–Crippen MR) is 93.6 cm³/mol. The van der Waals surface area contributed by atoms with Crippen LogP contribution in [0.25, 0.3) is 22.2 Å². The summed E-state index contributed by atoms with van der Waals surface area (Å²) >= 11 is 12.4. The fourth-order valence-electron chi connectivity index (χ4n) is 2.68. The molecule has 0 unspecified atom stereocenters. The van der Waals surface area contributed by atoms with Gasteiger partial charge in [0.2, 0.25) is 0 Å². The molecule has 0 aliphatic heterocycles. The lowest BCUT2D eigenvalue weighted by Crippen LogP contribution is -2.01. The van der Waals surface area contributed by atoms with Crippen molar-refractivity contribution in [2.24, 2.45) is 0 Å². The van der Waals surface area contributed by atoms with Gasteiger partial charge in [0.05, 0.1) is 26.8 Å². The van der Waals surface area contributed by atoms with Crippen LogP contribution in [0.3, 0.4) is 0 Å². The average Bonchev–Trinajstić information content (AvgIpc) is 2.50. The number of carbonyl (C=O) groups is 1. The van der Waals surface area contributed by atoms with Gasteiger partial charge in [0, 0.05) is 10.9 Å². The molecule has 0 aliphatic rings. The molecule has 0 bridgehead atoms. The third-order valence-corrected chi connectivity index (χ3v) is 4.37. The largest absolute Gasteiger partial charge is 0.478 e. The van der Waals surface area contributed by atoms with Crippen molar-refractivity contribution in [1.82, 2.24) is 4.98 Å². The van der Waals surface area contributed by atoms with Crippen LogP contribution in [0.1, 0.15) is 21.5 Å². The Morgan fingerprint density at radius 1 is 1.04 bits per heavy atom. The lowest BCUT2D eigenvalue weighted by atomic mass is 9.99. The monoisotopic (exact) mass is 345 g/mol. The highest BCUT2D eigenvalue weighted by atomic mass is 35.5. The molecule has 3 rings (SSSR count). The summed E-state index contributed by atoms with van der Waals surface area (Å²) in [6.45, 7) is 3.97. The van der Waals surface area contributed by atoms with Crippen LogP contribution in [0.4, 0.5) is 0 Å². The predicted octanol–water partition coefficient (Wildman–Crippen LogP) is 5.52. The summed E-state index contributed by atoms with van der Waals surface area (Å²) in [7, 11) is 0. The van der Waals surface area contributed by atoms with Crippen LogP contribution in [0.5, 0.6) is 0 Å². The van der Waals surface area contributed by atoms with Gasteiger partial charge in [-0.2, -0.15) is 0 Å². The zero-order chi connectivity index (χ0) is 16.7. The van der Waals surface area contributed by atoms with Gasteiger partial charge >= 0.3 is 5.97 Å². The molecule has 1 aromatic heterocycles. The highest BCUT2D eigenvalue weighted by Gasteiger charge is 2.18. The minimum absolute atomic E-state index is 0.0949. The van der Waals surface area contributed by atoms with Gasteiger partial charge < -0.3 is 5.11 Å². The van der Waals surface area contributed by atoms with E-state index in [0.29, 0.717) is 26.6 Å². The van der Waals surface area contributed by atoms with Crippen LogP contribution < -0.4 is 0 Å². The molecule has 0 saturated carbocycles. The van der Waals surface area contributed by atoms with Crippen molar-refractivity contribution in [2.45, 2.75) is 13.8 Å². The molecule has 23 heavy (non-hydrogen) atoms. The first-order valence-corrected chi connectivity index (χ1v) is 7.73. The standard InChI is InChI=1S/C18H13Cl2NO2/c1-9-3-4-11(10(2)7-9)15-8-12(18(22)23)16-13(19)5-6-14(20)17(16)21-15/h3-8H,1-2H3,(H,22,23). The van der Waals surface area contributed by atoms with Gasteiger partial charge in [-0.05, 0) is 37.6 Å². The number of pyridine rings is 1. The summed E-state index contributed by atoms with van der Waals surface area (Å²) in [4.78, 5) is 16.2. The highest BCUT2D eigenvalue weighted by molar-refractivity contribution is 6.41. The van der Waals surface area contributed by atoms with Crippen molar-refractivity contribution < 1.29 is 9.90 Å². The number of aromatic carboxylic acids is 1. The minimum Gasteiger partial charge on any atom is -0.478 e. The van der Waals surface area contributed by atoms with E-state index in [4.69, 9.17) is 23.2 Å². The molecule has 3 aromatic rings. The smallest absolute Gasteiger partial charge is 0.336 e. The summed E-state index contributed by atoms with van der Waals surface area (Å²) in [6.07, 6.45) is 0. The van der Waals surface area contributed by atoms with Gasteiger partial charge in [0.25, 0.3) is 0 Å². The summed E-state index contributed by atoms with van der Waals surface area (Å²) in [5, 5.41) is 10.6. The number of carboxylic acids is 1. The van der Waals surface area contributed by atoms with E-state index in [1.54, 1.807) is 18.2 Å². The maximum absolute atomic E-state index is 11.7. The Hall–Kier alpha value is -2.10. The van der Waals surface area contributed by atoms with E-state index in [0.717, 1.165) is 16.7 Å². The molecular formula is C18H13Cl2NO2. The molecule has 0 atom stereocenters. The Morgan fingerprint density at radius 3 is 2.39 bits per heavy atom. The van der Waals surface area contributed by atoms with E-state index in [2.05, 4.69) is 4.98 Å². The fraction of sp³-hybridized carbons (Fsp3) is 0.111. The van der Waals surface area contributed by atoms with E-state index >= 15 is 0 Å². The molecule has 116 valence electrons. The lowest BCUT2D eigenvalue weighted by Gasteiger charge is -2.11. The number of aryl methyl sites for hydroxylation is 2. The third kappa shape index (κ3) is 2.78. The van der Waals surface area contributed by atoms with Crippen molar-refractivity contribution in [3.8, 4) is 11.3 Å². The minimum atomic E-state index is -1.06. The first-order chi connectivity index (χ1) is 10.9. The summed E-state index contributed by atoms with van der Waals surface area (Å²) in [5.41, 5.74) is 4.08. The van der Waals surface area contributed by atoms with Gasteiger partial charge in [0.1, 0.15) is 0 Å². The lowest BCUT2D eigenvalue weighted by molar-refractivity contribution is 0.0699. The quantitative estimate of drug-likeness (QED) is 0.664. The van der Waals surface area contributed by atoms with Crippen molar-refractivity contribution in [1.29, 1.82) is 0 Å². The molecular weight excluding hydrogens is 333 g/mol. The Bertz CT molecular complexity index is 951. The van der Waals surface area contributed by atoms with E-state index in [1.165, 1.54) is 0 Å². The molecule has 0 fully saturated rings. The molecule has 5 heteroatoms. The van der Waals surface area contributed by atoms with Crippen LogP contribution in [-0.4, -0.2) is 16.1 Å². The van der Waals surface area contributed by atoms with Crippen LogP contribution in [-0.2, 0) is 0 Å². The Morgan fingerprint density at radius 2 is 1.74 bits per heavy atom. The summed E-state index contributed by atoms with van der Waals surface area (Å²) in [5.74, 6) is -1.06. The number of halogens is 2. The topological polar surface area (TPSA) is 50.2 Å². The summed E-state index contributed by atoms with van der Waals surface area (Å²) in [6, 6.07) is 10.7. The van der Waals surface area contributed by atoms with Crippen molar-refractivity contribution in [3.05, 3.63) is 63.1 Å². The van der Waals surface area contributed by atoms with Crippen LogP contribution in [0, 0.1) is 13.8 Å². The summed E-state index contributed by atoms with van der Waals surface area (Å²) < 4.78 is 0.